The second-order valence-electron chi connectivity index (χ2n) is 9.82. The van der Waals surface area contributed by atoms with Gasteiger partial charge in [0.25, 0.3) is 0 Å². The number of ether oxygens (including phenoxy) is 2. The van der Waals surface area contributed by atoms with Gasteiger partial charge in [0.2, 0.25) is 21.9 Å². The van der Waals surface area contributed by atoms with Crippen molar-refractivity contribution in [1.29, 1.82) is 0 Å². The lowest BCUT2D eigenvalue weighted by Crippen LogP contribution is -2.42. The Balaban J connectivity index is 1.44. The van der Waals surface area contributed by atoms with Crippen molar-refractivity contribution >= 4 is 21.9 Å². The maximum atomic E-state index is 13.7. The number of amides is 1. The third-order valence-electron chi connectivity index (χ3n) is 6.86. The summed E-state index contributed by atoms with van der Waals surface area (Å²) in [6.45, 7) is 2.04. The van der Waals surface area contributed by atoms with Gasteiger partial charge in [-0.1, -0.05) is 17.7 Å². The van der Waals surface area contributed by atoms with Crippen LogP contribution in [0.3, 0.4) is 0 Å². The number of hydrogen-bond acceptors (Lipinski definition) is 6. The summed E-state index contributed by atoms with van der Waals surface area (Å²) in [5.74, 6) is -0.131. The van der Waals surface area contributed by atoms with Crippen molar-refractivity contribution in [2.75, 3.05) is 32.1 Å². The molecule has 0 spiro atoms. The molecule has 5 rings (SSSR count). The number of sulfonamides is 1. The predicted molar refractivity (Wildman–Crippen MR) is 153 cm³/mol. The molecule has 1 aromatic heterocycles. The topological polar surface area (TPSA) is 103 Å². The van der Waals surface area contributed by atoms with Gasteiger partial charge >= 0.3 is 0 Å². The third-order valence-corrected chi connectivity index (χ3v) is 8.68. The normalized spacial score (nSPS) is 15.3. The van der Waals surface area contributed by atoms with Crippen molar-refractivity contribution in [3.63, 3.8) is 0 Å². The first kappa shape index (κ1) is 28.5. The van der Waals surface area contributed by atoms with E-state index in [1.54, 1.807) is 54.3 Å². The van der Waals surface area contributed by atoms with Crippen LogP contribution in [0.15, 0.2) is 83.9 Å². The summed E-state index contributed by atoms with van der Waals surface area (Å²) in [4.78, 5) is 18.1. The molecule has 41 heavy (non-hydrogen) atoms. The van der Waals surface area contributed by atoms with E-state index in [1.807, 2.05) is 19.1 Å². The third kappa shape index (κ3) is 6.64. The van der Waals surface area contributed by atoms with E-state index in [1.165, 1.54) is 24.3 Å². The number of methoxy groups -OCH3 is 1. The standard InChI is InChI=1S/C30H31FN4O5S/c1-21-5-15-27(16-6-21)41(37,38)34(18-26-4-3-17-40-26)20-29(36)33-30-32-28(22-7-13-25(39-2)14-8-22)19-35(30)24-11-9-23(31)10-12-24/h5-16,19,26H,3-4,17-18,20H2,1-2H3,(H,32,33,36)/t26-/m0/s1. The number of nitrogens with zero attached hydrogens (tertiary/aromatic N) is 3. The molecule has 3 aromatic carbocycles. The highest BCUT2D eigenvalue weighted by Crippen LogP contribution is 2.27. The second kappa shape index (κ2) is 12.2. The lowest BCUT2D eigenvalue weighted by molar-refractivity contribution is -0.116. The van der Waals surface area contributed by atoms with Crippen molar-refractivity contribution in [3.05, 3.63) is 90.4 Å². The van der Waals surface area contributed by atoms with Crippen LogP contribution < -0.4 is 10.1 Å². The van der Waals surface area contributed by atoms with Crippen molar-refractivity contribution < 1.29 is 27.1 Å². The van der Waals surface area contributed by atoms with Crippen LogP contribution in [0.5, 0.6) is 5.75 Å². The monoisotopic (exact) mass is 578 g/mol. The fraction of sp³-hybridized carbons (Fsp3) is 0.267. The van der Waals surface area contributed by atoms with Gasteiger partial charge in [0.05, 0.1) is 30.3 Å². The number of carbonyl (C=O) groups is 1. The predicted octanol–water partition coefficient (Wildman–Crippen LogP) is 4.80. The van der Waals surface area contributed by atoms with E-state index in [0.717, 1.165) is 21.9 Å². The van der Waals surface area contributed by atoms with Crippen LogP contribution in [-0.4, -0.2) is 61.1 Å². The van der Waals surface area contributed by atoms with Gasteiger partial charge in [0.1, 0.15) is 11.6 Å². The number of rotatable bonds is 10. The molecule has 0 unspecified atom stereocenters. The Morgan fingerprint density at radius 1 is 1.10 bits per heavy atom. The molecule has 2 heterocycles. The molecular formula is C30H31FN4O5S. The summed E-state index contributed by atoms with van der Waals surface area (Å²) in [6, 6.07) is 19.5. The molecule has 1 aliphatic heterocycles. The van der Waals surface area contributed by atoms with Crippen LogP contribution in [0.25, 0.3) is 16.9 Å². The molecule has 11 heteroatoms. The van der Waals surface area contributed by atoms with Crippen LogP contribution in [0.1, 0.15) is 18.4 Å². The van der Waals surface area contributed by atoms with Gasteiger partial charge in [-0.25, -0.2) is 17.8 Å². The van der Waals surface area contributed by atoms with Crippen molar-refractivity contribution in [3.8, 4) is 22.7 Å². The highest BCUT2D eigenvalue weighted by Gasteiger charge is 2.31. The molecule has 0 radical (unpaired) electrons. The summed E-state index contributed by atoms with van der Waals surface area (Å²) < 4.78 is 54.6. The van der Waals surface area contributed by atoms with Crippen LogP contribution in [0, 0.1) is 12.7 Å². The number of nitrogens with one attached hydrogen (secondary N) is 1. The summed E-state index contributed by atoms with van der Waals surface area (Å²) in [5, 5.41) is 2.77. The summed E-state index contributed by atoms with van der Waals surface area (Å²) in [5.41, 5.74) is 2.81. The first-order chi connectivity index (χ1) is 19.7. The van der Waals surface area contributed by atoms with Crippen molar-refractivity contribution in [1.82, 2.24) is 13.9 Å². The molecule has 1 aliphatic rings. The van der Waals surface area contributed by atoms with E-state index in [2.05, 4.69) is 10.3 Å². The molecule has 0 aliphatic carbocycles. The minimum absolute atomic E-state index is 0.0487. The molecule has 1 N–H and O–H groups in total. The molecule has 4 aromatic rings. The average Bonchev–Trinajstić information content (AvgIpc) is 3.64. The number of imidazole rings is 1. The zero-order valence-corrected chi connectivity index (χ0v) is 23.6. The van der Waals surface area contributed by atoms with Gasteiger partial charge in [-0.3, -0.25) is 14.7 Å². The van der Waals surface area contributed by atoms with Gasteiger partial charge in [0.15, 0.2) is 0 Å². The minimum Gasteiger partial charge on any atom is -0.497 e. The van der Waals surface area contributed by atoms with E-state index in [9.17, 15) is 17.6 Å². The Labute approximate surface area is 238 Å². The van der Waals surface area contributed by atoms with Crippen molar-refractivity contribution in [2.24, 2.45) is 0 Å². The largest absolute Gasteiger partial charge is 0.497 e. The lowest BCUT2D eigenvalue weighted by Gasteiger charge is -2.24. The van der Waals surface area contributed by atoms with Gasteiger partial charge in [-0.05, 0) is 80.4 Å². The highest BCUT2D eigenvalue weighted by atomic mass is 32.2. The van der Waals surface area contributed by atoms with Crippen LogP contribution >= 0.6 is 0 Å². The zero-order valence-electron chi connectivity index (χ0n) is 22.8. The average molecular weight is 579 g/mol. The van der Waals surface area contributed by atoms with E-state index in [4.69, 9.17) is 9.47 Å². The van der Waals surface area contributed by atoms with Gasteiger partial charge in [0, 0.05) is 30.6 Å². The van der Waals surface area contributed by atoms with Gasteiger partial charge < -0.3 is 9.47 Å². The Morgan fingerprint density at radius 2 is 1.80 bits per heavy atom. The fourth-order valence-corrected chi connectivity index (χ4v) is 6.04. The van der Waals surface area contributed by atoms with E-state index >= 15 is 0 Å². The van der Waals surface area contributed by atoms with E-state index < -0.39 is 28.3 Å². The van der Waals surface area contributed by atoms with Gasteiger partial charge in [-0.15, -0.1) is 0 Å². The molecule has 0 saturated carbocycles. The summed E-state index contributed by atoms with van der Waals surface area (Å²) in [6.07, 6.45) is 2.96. The maximum Gasteiger partial charge on any atom is 0.243 e. The lowest BCUT2D eigenvalue weighted by atomic mass is 10.1. The first-order valence-corrected chi connectivity index (χ1v) is 14.6. The number of hydrogen-bond donors (Lipinski definition) is 1. The zero-order chi connectivity index (χ0) is 29.0. The number of benzene rings is 3. The molecule has 1 fully saturated rings. The van der Waals surface area contributed by atoms with Crippen LogP contribution in [-0.2, 0) is 19.6 Å². The molecule has 1 saturated heterocycles. The Bertz CT molecular complexity index is 1600. The second-order valence-corrected chi connectivity index (χ2v) is 11.8. The molecule has 0 bridgehead atoms. The molecule has 214 valence electrons. The maximum absolute atomic E-state index is 13.7. The number of anilines is 1. The van der Waals surface area contributed by atoms with Crippen LogP contribution in [0.2, 0.25) is 0 Å². The van der Waals surface area contributed by atoms with Crippen molar-refractivity contribution in [2.45, 2.75) is 30.8 Å². The fourth-order valence-electron chi connectivity index (χ4n) is 4.61. The summed E-state index contributed by atoms with van der Waals surface area (Å²) in [7, 11) is -2.42. The Kier molecular flexibility index (Phi) is 8.48. The molecular weight excluding hydrogens is 547 g/mol. The molecule has 9 nitrogen and oxygen atoms in total. The molecule has 1 amide bonds. The number of aromatic nitrogens is 2. The first-order valence-electron chi connectivity index (χ1n) is 13.2. The van der Waals surface area contributed by atoms with E-state index in [-0.39, 0.29) is 23.5 Å². The van der Waals surface area contributed by atoms with Crippen LogP contribution in [0.4, 0.5) is 10.3 Å². The number of halogens is 1. The number of carbonyl (C=O) groups excluding carboxylic acids is 1. The SMILES string of the molecule is COc1ccc(-c2cn(-c3ccc(F)cc3)c(NC(=O)CN(C[C@@H]3CCCO3)S(=O)(=O)c3ccc(C)cc3)n2)cc1. The molecule has 1 atom stereocenters. The Hall–Kier alpha value is -4.06. The van der Waals surface area contributed by atoms with E-state index in [0.29, 0.717) is 30.2 Å². The highest BCUT2D eigenvalue weighted by molar-refractivity contribution is 7.89. The minimum atomic E-state index is -3.99. The van der Waals surface area contributed by atoms with Gasteiger partial charge in [-0.2, -0.15) is 4.31 Å². The number of aryl methyl sites for hydroxylation is 1. The smallest absolute Gasteiger partial charge is 0.243 e. The summed E-state index contributed by atoms with van der Waals surface area (Å²) >= 11 is 0. The Morgan fingerprint density at radius 3 is 2.44 bits per heavy atom. The quantitative estimate of drug-likeness (QED) is 0.290.